The number of carbonyl (C=O) groups is 1. The molecule has 1 rings (SSSR count). The number of nitrogens with one attached hydrogen (secondary N) is 1. The van der Waals surface area contributed by atoms with Gasteiger partial charge in [0.05, 0.1) is 6.54 Å². The summed E-state index contributed by atoms with van der Waals surface area (Å²) in [6.45, 7) is 4.89. The van der Waals surface area contributed by atoms with Gasteiger partial charge in [-0.15, -0.1) is 0 Å². The van der Waals surface area contributed by atoms with Crippen molar-refractivity contribution in [2.75, 3.05) is 25.5 Å². The van der Waals surface area contributed by atoms with Crippen molar-refractivity contribution in [2.24, 2.45) is 0 Å². The monoisotopic (exact) mass is 240 g/mol. The van der Waals surface area contributed by atoms with Crippen LogP contribution in [0.5, 0.6) is 0 Å². The van der Waals surface area contributed by atoms with Gasteiger partial charge in [-0.3, -0.25) is 4.79 Å². The minimum atomic E-state index is 0.0712. The molecular weight excluding hydrogens is 224 g/mol. The van der Waals surface area contributed by atoms with Crippen molar-refractivity contribution in [1.29, 1.82) is 0 Å². The van der Waals surface area contributed by atoms with Gasteiger partial charge in [-0.25, -0.2) is 0 Å². The van der Waals surface area contributed by atoms with E-state index in [9.17, 15) is 4.79 Å². The van der Waals surface area contributed by atoms with E-state index >= 15 is 0 Å². The molecule has 88 valence electrons. The lowest BCUT2D eigenvalue weighted by molar-refractivity contribution is -0.127. The van der Waals surface area contributed by atoms with Crippen LogP contribution in [0.25, 0.3) is 0 Å². The lowest BCUT2D eigenvalue weighted by Crippen LogP contribution is -2.31. The zero-order valence-electron chi connectivity index (χ0n) is 9.88. The van der Waals surface area contributed by atoms with E-state index in [1.807, 2.05) is 32.0 Å². The predicted molar refractivity (Wildman–Crippen MR) is 68.0 cm³/mol. The number of halogens is 1. The lowest BCUT2D eigenvalue weighted by Gasteiger charge is -2.16. The molecule has 0 saturated carbocycles. The van der Waals surface area contributed by atoms with Crippen LogP contribution in [-0.4, -0.2) is 30.9 Å². The molecule has 3 nitrogen and oxygen atoms in total. The second-order valence-electron chi connectivity index (χ2n) is 3.67. The van der Waals surface area contributed by atoms with Crippen LogP contribution in [0.2, 0.25) is 5.02 Å². The Hall–Kier alpha value is -1.22. The first-order valence-electron chi connectivity index (χ1n) is 5.29. The summed E-state index contributed by atoms with van der Waals surface area (Å²) < 4.78 is 0. The number of amides is 1. The highest BCUT2D eigenvalue weighted by atomic mass is 35.5. The highest BCUT2D eigenvalue weighted by molar-refractivity contribution is 6.31. The molecule has 0 heterocycles. The molecular formula is C12H17ClN2O. The van der Waals surface area contributed by atoms with Crippen LogP contribution < -0.4 is 5.32 Å². The van der Waals surface area contributed by atoms with Crippen molar-refractivity contribution in [3.8, 4) is 0 Å². The number of benzene rings is 1. The van der Waals surface area contributed by atoms with Crippen LogP contribution in [0.3, 0.4) is 0 Å². The Bertz CT molecular complexity index is 379. The molecule has 0 aliphatic rings. The van der Waals surface area contributed by atoms with Crippen LogP contribution in [0.4, 0.5) is 5.69 Å². The van der Waals surface area contributed by atoms with Gasteiger partial charge in [-0.2, -0.15) is 0 Å². The highest BCUT2D eigenvalue weighted by Gasteiger charge is 2.07. The SMILES string of the molecule is CCN(C)C(=O)CNc1cccc(Cl)c1C. The number of hydrogen-bond donors (Lipinski definition) is 1. The van der Waals surface area contributed by atoms with Crippen molar-refractivity contribution < 1.29 is 4.79 Å². The topological polar surface area (TPSA) is 32.3 Å². The van der Waals surface area contributed by atoms with Crippen LogP contribution >= 0.6 is 11.6 Å². The molecule has 0 aromatic heterocycles. The maximum atomic E-state index is 11.6. The number of nitrogens with zero attached hydrogens (tertiary/aromatic N) is 1. The van der Waals surface area contributed by atoms with Gasteiger partial charge in [0.1, 0.15) is 0 Å². The average Bonchev–Trinajstić information content (AvgIpc) is 2.29. The van der Waals surface area contributed by atoms with Crippen molar-refractivity contribution in [3.63, 3.8) is 0 Å². The molecule has 1 N–H and O–H groups in total. The highest BCUT2D eigenvalue weighted by Crippen LogP contribution is 2.22. The Labute approximate surface area is 101 Å². The molecule has 0 aliphatic heterocycles. The maximum Gasteiger partial charge on any atom is 0.241 e. The van der Waals surface area contributed by atoms with E-state index in [2.05, 4.69) is 5.32 Å². The van der Waals surface area contributed by atoms with Gasteiger partial charge < -0.3 is 10.2 Å². The Kier molecular flexibility index (Phi) is 4.62. The van der Waals surface area contributed by atoms with Gasteiger partial charge in [-0.1, -0.05) is 17.7 Å². The molecule has 0 spiro atoms. The Balaban J connectivity index is 2.61. The molecule has 1 aromatic rings. The fourth-order valence-corrected chi connectivity index (χ4v) is 1.46. The van der Waals surface area contributed by atoms with E-state index in [-0.39, 0.29) is 5.91 Å². The smallest absolute Gasteiger partial charge is 0.241 e. The molecule has 1 amide bonds. The van der Waals surface area contributed by atoms with Crippen molar-refractivity contribution in [1.82, 2.24) is 4.90 Å². The molecule has 0 atom stereocenters. The quantitative estimate of drug-likeness (QED) is 0.877. The summed E-state index contributed by atoms with van der Waals surface area (Å²) in [4.78, 5) is 13.2. The van der Waals surface area contributed by atoms with Gasteiger partial charge in [0.25, 0.3) is 0 Å². The average molecular weight is 241 g/mol. The zero-order chi connectivity index (χ0) is 12.1. The minimum Gasteiger partial charge on any atom is -0.376 e. The molecule has 4 heteroatoms. The van der Waals surface area contributed by atoms with E-state index in [4.69, 9.17) is 11.6 Å². The summed E-state index contributed by atoms with van der Waals surface area (Å²) >= 11 is 5.98. The third-order valence-corrected chi connectivity index (χ3v) is 3.01. The zero-order valence-corrected chi connectivity index (χ0v) is 10.6. The fraction of sp³-hybridized carbons (Fsp3) is 0.417. The van der Waals surface area contributed by atoms with Crippen molar-refractivity contribution in [2.45, 2.75) is 13.8 Å². The number of hydrogen-bond acceptors (Lipinski definition) is 2. The molecule has 0 aliphatic carbocycles. The van der Waals surface area contributed by atoms with Crippen LogP contribution in [0.1, 0.15) is 12.5 Å². The molecule has 0 bridgehead atoms. The first kappa shape index (κ1) is 12.8. The summed E-state index contributed by atoms with van der Waals surface area (Å²) in [6, 6.07) is 5.62. The van der Waals surface area contributed by atoms with E-state index in [0.29, 0.717) is 11.6 Å². The Morgan fingerprint density at radius 2 is 2.19 bits per heavy atom. The first-order chi connectivity index (χ1) is 7.56. The van der Waals surface area contributed by atoms with Crippen LogP contribution in [-0.2, 0) is 4.79 Å². The Morgan fingerprint density at radius 1 is 1.50 bits per heavy atom. The van der Waals surface area contributed by atoms with Gasteiger partial charge in [-0.05, 0) is 31.5 Å². The molecule has 16 heavy (non-hydrogen) atoms. The summed E-state index contributed by atoms with van der Waals surface area (Å²) in [6.07, 6.45) is 0. The summed E-state index contributed by atoms with van der Waals surface area (Å²) in [5.74, 6) is 0.0712. The number of rotatable bonds is 4. The van der Waals surface area contributed by atoms with E-state index in [1.54, 1.807) is 11.9 Å². The van der Waals surface area contributed by atoms with Gasteiger partial charge in [0.15, 0.2) is 0 Å². The minimum absolute atomic E-state index is 0.0712. The molecule has 0 radical (unpaired) electrons. The molecule has 1 aromatic carbocycles. The standard InChI is InChI=1S/C12H17ClN2O/c1-4-15(3)12(16)8-14-11-7-5-6-10(13)9(11)2/h5-7,14H,4,8H2,1-3H3. The number of anilines is 1. The molecule has 0 fully saturated rings. The van der Waals surface area contributed by atoms with Gasteiger partial charge in [0.2, 0.25) is 5.91 Å². The number of likely N-dealkylation sites (N-methyl/N-ethyl adjacent to an activating group) is 1. The molecule has 0 saturated heterocycles. The van der Waals surface area contributed by atoms with Crippen LogP contribution in [0.15, 0.2) is 18.2 Å². The lowest BCUT2D eigenvalue weighted by atomic mass is 10.2. The maximum absolute atomic E-state index is 11.6. The van der Waals surface area contributed by atoms with Crippen molar-refractivity contribution in [3.05, 3.63) is 28.8 Å². The predicted octanol–water partition coefficient (Wildman–Crippen LogP) is 2.54. The van der Waals surface area contributed by atoms with Gasteiger partial charge in [0, 0.05) is 24.3 Å². The second kappa shape index (κ2) is 5.75. The largest absolute Gasteiger partial charge is 0.376 e. The first-order valence-corrected chi connectivity index (χ1v) is 5.67. The third kappa shape index (κ3) is 3.14. The van der Waals surface area contributed by atoms with Crippen molar-refractivity contribution >= 4 is 23.2 Å². The molecule has 0 unspecified atom stereocenters. The summed E-state index contributed by atoms with van der Waals surface area (Å²) in [7, 11) is 1.79. The third-order valence-electron chi connectivity index (χ3n) is 2.60. The fourth-order valence-electron chi connectivity index (χ4n) is 1.28. The van der Waals surface area contributed by atoms with E-state index in [0.717, 1.165) is 17.8 Å². The van der Waals surface area contributed by atoms with E-state index in [1.165, 1.54) is 0 Å². The second-order valence-corrected chi connectivity index (χ2v) is 4.08. The van der Waals surface area contributed by atoms with Gasteiger partial charge >= 0.3 is 0 Å². The summed E-state index contributed by atoms with van der Waals surface area (Å²) in [5, 5.41) is 3.80. The summed E-state index contributed by atoms with van der Waals surface area (Å²) in [5.41, 5.74) is 1.88. The normalized spacial score (nSPS) is 10.0. The van der Waals surface area contributed by atoms with E-state index < -0.39 is 0 Å². The number of carbonyl (C=O) groups excluding carboxylic acids is 1. The van der Waals surface area contributed by atoms with Crippen LogP contribution in [0, 0.1) is 6.92 Å². The Morgan fingerprint density at radius 3 is 2.81 bits per heavy atom.